The normalized spacial score (nSPS) is 10.1. The maximum absolute atomic E-state index is 11.9. The van der Waals surface area contributed by atoms with Crippen LogP contribution in [0.1, 0.15) is 21.5 Å². The van der Waals surface area contributed by atoms with Gasteiger partial charge in [-0.3, -0.25) is 9.59 Å². The van der Waals surface area contributed by atoms with Gasteiger partial charge in [-0.2, -0.15) is 0 Å². The molecule has 0 aromatic heterocycles. The average Bonchev–Trinajstić information content (AvgIpc) is 2.66. The number of methoxy groups -OCH3 is 1. The zero-order valence-corrected chi connectivity index (χ0v) is 16.0. The third kappa shape index (κ3) is 7.15. The number of amides is 1. The molecule has 0 saturated heterocycles. The maximum Gasteiger partial charge on any atom is 0.337 e. The Kier molecular flexibility index (Phi) is 7.88. The first-order valence-corrected chi connectivity index (χ1v) is 9.40. The number of benzene rings is 2. The molecular weight excluding hydrogens is 366 g/mol. The van der Waals surface area contributed by atoms with Crippen molar-refractivity contribution in [1.29, 1.82) is 0 Å². The molecule has 7 heteroatoms. The Morgan fingerprint density at radius 3 is 2.44 bits per heavy atom. The fraction of sp³-hybridized carbons (Fsp3) is 0.250. The first kappa shape index (κ1) is 20.5. The molecule has 0 fully saturated rings. The predicted octanol–water partition coefficient (Wildman–Crippen LogP) is 3.20. The summed E-state index contributed by atoms with van der Waals surface area (Å²) in [6.07, 6.45) is 0. The highest BCUT2D eigenvalue weighted by Gasteiger charge is 2.09. The molecule has 0 atom stereocenters. The van der Waals surface area contributed by atoms with Crippen molar-refractivity contribution in [1.82, 2.24) is 0 Å². The Bertz CT molecular complexity index is 804. The topological polar surface area (TPSA) is 81.7 Å². The number of hydrogen-bond donors (Lipinski definition) is 1. The van der Waals surface area contributed by atoms with Gasteiger partial charge < -0.3 is 14.8 Å². The van der Waals surface area contributed by atoms with Gasteiger partial charge in [0.15, 0.2) is 0 Å². The molecule has 0 radical (unpaired) electrons. The summed E-state index contributed by atoms with van der Waals surface area (Å²) in [5.41, 5.74) is 2.99. The van der Waals surface area contributed by atoms with Crippen molar-refractivity contribution in [2.24, 2.45) is 0 Å². The van der Waals surface area contributed by atoms with Crippen LogP contribution in [0, 0.1) is 6.92 Å². The van der Waals surface area contributed by atoms with E-state index in [0.717, 1.165) is 16.8 Å². The number of hydrogen-bond acceptors (Lipinski definition) is 6. The van der Waals surface area contributed by atoms with Crippen LogP contribution in [0.5, 0.6) is 0 Å². The molecule has 2 aromatic carbocycles. The molecule has 0 aliphatic rings. The molecule has 6 nitrogen and oxygen atoms in total. The summed E-state index contributed by atoms with van der Waals surface area (Å²) in [5.74, 6) is -0.741. The molecule has 0 spiro atoms. The van der Waals surface area contributed by atoms with Gasteiger partial charge in [0.25, 0.3) is 0 Å². The van der Waals surface area contributed by atoms with Gasteiger partial charge in [-0.25, -0.2) is 4.79 Å². The van der Waals surface area contributed by atoms with E-state index in [-0.39, 0.29) is 24.0 Å². The molecule has 1 N–H and O–H groups in total. The molecule has 0 unspecified atom stereocenters. The second-order valence-electron chi connectivity index (χ2n) is 5.76. The molecule has 27 heavy (non-hydrogen) atoms. The summed E-state index contributed by atoms with van der Waals surface area (Å²) in [7, 11) is 1.32. The molecule has 2 rings (SSSR count). The maximum atomic E-state index is 11.9. The predicted molar refractivity (Wildman–Crippen MR) is 105 cm³/mol. The van der Waals surface area contributed by atoms with Crippen LogP contribution in [0.15, 0.2) is 48.5 Å². The fourth-order valence-corrected chi connectivity index (χ4v) is 2.82. The van der Waals surface area contributed by atoms with Crippen LogP contribution in [-0.4, -0.2) is 36.5 Å². The number of anilines is 1. The Balaban J connectivity index is 1.67. The van der Waals surface area contributed by atoms with Crippen molar-refractivity contribution in [3.63, 3.8) is 0 Å². The lowest BCUT2D eigenvalue weighted by molar-refractivity contribution is -0.141. The molecule has 0 aliphatic carbocycles. The van der Waals surface area contributed by atoms with Crippen molar-refractivity contribution in [2.45, 2.75) is 13.5 Å². The first-order chi connectivity index (χ1) is 13.0. The van der Waals surface area contributed by atoms with E-state index in [1.54, 1.807) is 24.3 Å². The second-order valence-corrected chi connectivity index (χ2v) is 6.75. The number of carbonyl (C=O) groups is 3. The Labute approximate surface area is 162 Å². The quantitative estimate of drug-likeness (QED) is 0.701. The standard InChI is InChI=1S/C20H21NO5S/c1-14-4-3-5-17(10-14)21-18(22)12-27-13-19(23)26-11-15-6-8-16(9-7-15)20(24)25-2/h3-10H,11-13H2,1-2H3,(H,21,22). The molecule has 0 saturated carbocycles. The molecule has 142 valence electrons. The van der Waals surface area contributed by atoms with Gasteiger partial charge in [-0.05, 0) is 42.3 Å². The van der Waals surface area contributed by atoms with Gasteiger partial charge in [0.05, 0.1) is 24.2 Å². The fourth-order valence-electron chi connectivity index (χ4n) is 2.21. The van der Waals surface area contributed by atoms with Crippen LogP contribution < -0.4 is 5.32 Å². The van der Waals surface area contributed by atoms with Crippen LogP contribution in [0.3, 0.4) is 0 Å². The van der Waals surface area contributed by atoms with E-state index in [0.29, 0.717) is 5.56 Å². The van der Waals surface area contributed by atoms with E-state index >= 15 is 0 Å². The van der Waals surface area contributed by atoms with Crippen LogP contribution in [0.25, 0.3) is 0 Å². The molecule has 0 heterocycles. The van der Waals surface area contributed by atoms with Gasteiger partial charge in [0, 0.05) is 5.69 Å². The van der Waals surface area contributed by atoms with Gasteiger partial charge in [0.1, 0.15) is 6.61 Å². The number of carbonyl (C=O) groups excluding carboxylic acids is 3. The summed E-state index contributed by atoms with van der Waals surface area (Å²) < 4.78 is 9.78. The molecule has 0 aliphatic heterocycles. The number of esters is 2. The van der Waals surface area contributed by atoms with E-state index < -0.39 is 11.9 Å². The summed E-state index contributed by atoms with van der Waals surface area (Å²) in [5, 5.41) is 2.78. The van der Waals surface area contributed by atoms with Crippen LogP contribution in [0.2, 0.25) is 0 Å². The Hall–Kier alpha value is -2.80. The zero-order valence-electron chi connectivity index (χ0n) is 15.2. The van der Waals surface area contributed by atoms with Crippen molar-refractivity contribution in [3.05, 3.63) is 65.2 Å². The van der Waals surface area contributed by atoms with E-state index in [4.69, 9.17) is 4.74 Å². The highest BCUT2D eigenvalue weighted by molar-refractivity contribution is 8.00. The van der Waals surface area contributed by atoms with Gasteiger partial charge in [0.2, 0.25) is 5.91 Å². The van der Waals surface area contributed by atoms with Crippen LogP contribution >= 0.6 is 11.8 Å². The minimum Gasteiger partial charge on any atom is -0.465 e. The minimum absolute atomic E-state index is 0.0848. The summed E-state index contributed by atoms with van der Waals surface area (Å²) in [4.78, 5) is 35.0. The van der Waals surface area contributed by atoms with Gasteiger partial charge in [-0.1, -0.05) is 24.3 Å². The highest BCUT2D eigenvalue weighted by atomic mass is 32.2. The van der Waals surface area contributed by atoms with Gasteiger partial charge in [-0.15, -0.1) is 11.8 Å². The molecular formula is C20H21NO5S. The lowest BCUT2D eigenvalue weighted by atomic mass is 10.1. The zero-order chi connectivity index (χ0) is 19.6. The van der Waals surface area contributed by atoms with Crippen LogP contribution in [-0.2, 0) is 25.7 Å². The van der Waals surface area contributed by atoms with E-state index in [1.807, 2.05) is 31.2 Å². The monoisotopic (exact) mass is 387 g/mol. The third-order valence-electron chi connectivity index (χ3n) is 3.53. The van der Waals surface area contributed by atoms with E-state index in [2.05, 4.69) is 10.1 Å². The molecule has 0 bridgehead atoms. The lowest BCUT2D eigenvalue weighted by Crippen LogP contribution is -2.16. The number of nitrogens with one attached hydrogen (secondary N) is 1. The van der Waals surface area contributed by atoms with Crippen molar-refractivity contribution >= 4 is 35.3 Å². The van der Waals surface area contributed by atoms with Crippen LogP contribution in [0.4, 0.5) is 5.69 Å². The SMILES string of the molecule is COC(=O)c1ccc(COC(=O)CSCC(=O)Nc2cccc(C)c2)cc1. The molecule has 1 amide bonds. The third-order valence-corrected chi connectivity index (χ3v) is 4.44. The smallest absolute Gasteiger partial charge is 0.337 e. The number of rotatable bonds is 8. The highest BCUT2D eigenvalue weighted by Crippen LogP contribution is 2.11. The first-order valence-electron chi connectivity index (χ1n) is 8.25. The van der Waals surface area contributed by atoms with Crippen molar-refractivity contribution in [2.75, 3.05) is 23.9 Å². The summed E-state index contributed by atoms with van der Waals surface area (Å²) in [6.45, 7) is 2.06. The minimum atomic E-state index is -0.418. The van der Waals surface area contributed by atoms with Gasteiger partial charge >= 0.3 is 11.9 Å². The van der Waals surface area contributed by atoms with Crippen molar-refractivity contribution < 1.29 is 23.9 Å². The lowest BCUT2D eigenvalue weighted by Gasteiger charge is -2.07. The van der Waals surface area contributed by atoms with E-state index in [1.165, 1.54) is 18.9 Å². The largest absolute Gasteiger partial charge is 0.465 e. The van der Waals surface area contributed by atoms with E-state index in [9.17, 15) is 14.4 Å². The Morgan fingerprint density at radius 2 is 1.78 bits per heavy atom. The summed E-state index contributed by atoms with van der Waals surface area (Å²) >= 11 is 1.19. The average molecular weight is 387 g/mol. The van der Waals surface area contributed by atoms with Crippen molar-refractivity contribution in [3.8, 4) is 0 Å². The Morgan fingerprint density at radius 1 is 1.04 bits per heavy atom. The summed E-state index contributed by atoms with van der Waals surface area (Å²) in [6, 6.07) is 14.1. The second kappa shape index (κ2) is 10.4. The number of ether oxygens (including phenoxy) is 2. The molecule has 2 aromatic rings. The number of aryl methyl sites for hydroxylation is 1. The number of thioether (sulfide) groups is 1.